The monoisotopic (exact) mass is 257 g/mol. The lowest BCUT2D eigenvalue weighted by molar-refractivity contribution is 0.0929. The van der Waals surface area contributed by atoms with Crippen molar-refractivity contribution in [1.82, 2.24) is 15.3 Å². The maximum atomic E-state index is 11.8. The van der Waals surface area contributed by atoms with E-state index in [1.54, 1.807) is 0 Å². The minimum absolute atomic E-state index is 0.166. The second-order valence-electron chi connectivity index (χ2n) is 3.58. The van der Waals surface area contributed by atoms with Gasteiger partial charge in [0.25, 0.3) is 5.91 Å². The lowest BCUT2D eigenvalue weighted by Gasteiger charge is -2.22. The van der Waals surface area contributed by atoms with E-state index in [4.69, 9.17) is 11.6 Å². The second-order valence-corrected chi connectivity index (χ2v) is 5.20. The number of nitrogens with zero attached hydrogens (tertiary/aromatic N) is 2. The number of hydrogen-bond acceptors (Lipinski definition) is 4. The Labute approximate surface area is 103 Å². The van der Waals surface area contributed by atoms with Crippen LogP contribution in [0.3, 0.4) is 0 Å². The number of carbonyl (C=O) groups excluding carboxylic acids is 1. The molecule has 6 heteroatoms. The van der Waals surface area contributed by atoms with Gasteiger partial charge in [-0.15, -0.1) is 0 Å². The van der Waals surface area contributed by atoms with Crippen molar-refractivity contribution in [3.05, 3.63) is 23.2 Å². The molecule has 1 amide bonds. The van der Waals surface area contributed by atoms with Gasteiger partial charge in [-0.25, -0.2) is 9.97 Å². The van der Waals surface area contributed by atoms with Gasteiger partial charge in [0.05, 0.1) is 12.4 Å². The normalized spacial score (nSPS) is 17.1. The highest BCUT2D eigenvalue weighted by molar-refractivity contribution is 7.99. The molecule has 1 aromatic rings. The van der Waals surface area contributed by atoms with E-state index in [1.165, 1.54) is 12.4 Å². The van der Waals surface area contributed by atoms with Gasteiger partial charge in [0.15, 0.2) is 0 Å². The van der Waals surface area contributed by atoms with Crippen molar-refractivity contribution in [3.63, 3.8) is 0 Å². The number of aromatic nitrogens is 2. The van der Waals surface area contributed by atoms with Crippen LogP contribution >= 0.6 is 23.4 Å². The van der Waals surface area contributed by atoms with Crippen molar-refractivity contribution in [2.45, 2.75) is 18.9 Å². The van der Waals surface area contributed by atoms with Crippen LogP contribution in [-0.4, -0.2) is 33.4 Å². The molecule has 1 aliphatic heterocycles. The first kappa shape index (κ1) is 11.7. The topological polar surface area (TPSA) is 54.9 Å². The van der Waals surface area contributed by atoms with Gasteiger partial charge < -0.3 is 5.32 Å². The van der Waals surface area contributed by atoms with Crippen LogP contribution in [0.15, 0.2) is 12.4 Å². The summed E-state index contributed by atoms with van der Waals surface area (Å²) in [6.45, 7) is 0. The fraction of sp³-hybridized carbons (Fsp3) is 0.500. The third-order valence-corrected chi connectivity index (χ3v) is 3.65. The molecule has 2 rings (SSSR count). The van der Waals surface area contributed by atoms with Gasteiger partial charge in [0, 0.05) is 6.04 Å². The maximum absolute atomic E-state index is 11.8. The van der Waals surface area contributed by atoms with Gasteiger partial charge in [-0.2, -0.15) is 11.8 Å². The minimum atomic E-state index is -0.166. The Morgan fingerprint density at radius 1 is 1.38 bits per heavy atom. The lowest BCUT2D eigenvalue weighted by atomic mass is 10.1. The number of hydrogen-bond donors (Lipinski definition) is 1. The Morgan fingerprint density at radius 3 is 2.75 bits per heavy atom. The summed E-state index contributed by atoms with van der Waals surface area (Å²) in [6, 6.07) is 0.270. The summed E-state index contributed by atoms with van der Waals surface area (Å²) < 4.78 is 0. The highest BCUT2D eigenvalue weighted by Gasteiger charge is 2.17. The third kappa shape index (κ3) is 3.09. The van der Waals surface area contributed by atoms with Crippen molar-refractivity contribution in [2.24, 2.45) is 0 Å². The number of rotatable bonds is 2. The first-order chi connectivity index (χ1) is 7.75. The van der Waals surface area contributed by atoms with Crippen LogP contribution < -0.4 is 5.32 Å². The van der Waals surface area contributed by atoms with Crippen LogP contribution in [0.2, 0.25) is 5.15 Å². The van der Waals surface area contributed by atoms with Crippen LogP contribution in [0.25, 0.3) is 0 Å². The lowest BCUT2D eigenvalue weighted by Crippen LogP contribution is -2.37. The number of amides is 1. The number of halogens is 1. The van der Waals surface area contributed by atoms with Gasteiger partial charge >= 0.3 is 0 Å². The average molecular weight is 258 g/mol. The molecule has 4 nitrogen and oxygen atoms in total. The molecule has 2 heterocycles. The Balaban J connectivity index is 1.94. The Hall–Kier alpha value is -0.810. The molecule has 0 atom stereocenters. The molecule has 1 aromatic heterocycles. The fourth-order valence-corrected chi connectivity index (χ4v) is 2.73. The summed E-state index contributed by atoms with van der Waals surface area (Å²) in [5.41, 5.74) is 0.322. The van der Waals surface area contributed by atoms with Crippen LogP contribution in [0, 0.1) is 0 Å². The minimum Gasteiger partial charge on any atom is -0.348 e. The summed E-state index contributed by atoms with van der Waals surface area (Å²) in [7, 11) is 0. The van der Waals surface area contributed by atoms with E-state index in [0.29, 0.717) is 10.8 Å². The van der Waals surface area contributed by atoms with Crippen molar-refractivity contribution >= 4 is 29.3 Å². The van der Waals surface area contributed by atoms with Crippen molar-refractivity contribution < 1.29 is 4.79 Å². The molecular weight excluding hydrogens is 246 g/mol. The first-order valence-corrected chi connectivity index (χ1v) is 6.65. The molecule has 0 aromatic carbocycles. The molecule has 0 aliphatic carbocycles. The molecule has 0 radical (unpaired) electrons. The highest BCUT2D eigenvalue weighted by atomic mass is 35.5. The molecule has 1 saturated heterocycles. The smallest absolute Gasteiger partial charge is 0.271 e. The number of thioether (sulfide) groups is 1. The Morgan fingerprint density at radius 2 is 2.12 bits per heavy atom. The van der Waals surface area contributed by atoms with Crippen LogP contribution in [0.4, 0.5) is 0 Å². The zero-order chi connectivity index (χ0) is 11.4. The van der Waals surface area contributed by atoms with E-state index < -0.39 is 0 Å². The summed E-state index contributed by atoms with van der Waals surface area (Å²) in [4.78, 5) is 19.5. The van der Waals surface area contributed by atoms with Crippen molar-refractivity contribution in [1.29, 1.82) is 0 Å². The summed E-state index contributed by atoms with van der Waals surface area (Å²) >= 11 is 7.53. The average Bonchev–Trinajstić information content (AvgIpc) is 2.31. The zero-order valence-electron chi connectivity index (χ0n) is 8.65. The third-order valence-electron chi connectivity index (χ3n) is 2.41. The van der Waals surface area contributed by atoms with E-state index in [-0.39, 0.29) is 11.9 Å². The summed E-state index contributed by atoms with van der Waals surface area (Å²) in [5.74, 6) is 2.05. The SMILES string of the molecule is O=C(NC1CCSCC1)c1cnc(Cl)cn1. The van der Waals surface area contributed by atoms with E-state index in [0.717, 1.165) is 24.3 Å². The van der Waals surface area contributed by atoms with Crippen LogP contribution in [0.5, 0.6) is 0 Å². The molecular formula is C10H12ClN3OS. The molecule has 0 unspecified atom stereocenters. The van der Waals surface area contributed by atoms with Gasteiger partial charge in [0.1, 0.15) is 10.8 Å². The molecule has 1 fully saturated rings. The fourth-order valence-electron chi connectivity index (χ4n) is 1.53. The Kier molecular flexibility index (Phi) is 4.01. The van der Waals surface area contributed by atoms with Gasteiger partial charge in [-0.1, -0.05) is 11.6 Å². The summed E-state index contributed by atoms with van der Waals surface area (Å²) in [5, 5.41) is 3.25. The molecule has 0 saturated carbocycles. The molecule has 16 heavy (non-hydrogen) atoms. The van der Waals surface area contributed by atoms with Gasteiger partial charge in [-0.05, 0) is 24.3 Å². The highest BCUT2D eigenvalue weighted by Crippen LogP contribution is 2.17. The van der Waals surface area contributed by atoms with E-state index >= 15 is 0 Å². The molecule has 1 N–H and O–H groups in total. The van der Waals surface area contributed by atoms with E-state index in [1.807, 2.05) is 11.8 Å². The largest absolute Gasteiger partial charge is 0.348 e. The van der Waals surface area contributed by atoms with Gasteiger partial charge in [-0.3, -0.25) is 4.79 Å². The Bertz CT molecular complexity index is 365. The van der Waals surface area contributed by atoms with Crippen molar-refractivity contribution in [3.8, 4) is 0 Å². The predicted molar refractivity (Wildman–Crippen MR) is 64.9 cm³/mol. The molecule has 1 aliphatic rings. The first-order valence-electron chi connectivity index (χ1n) is 5.12. The van der Waals surface area contributed by atoms with Crippen LogP contribution in [-0.2, 0) is 0 Å². The zero-order valence-corrected chi connectivity index (χ0v) is 10.2. The quantitative estimate of drug-likeness (QED) is 0.877. The van der Waals surface area contributed by atoms with E-state index in [9.17, 15) is 4.79 Å². The standard InChI is InChI=1S/C10H12ClN3OS/c11-9-6-12-8(5-13-9)10(15)14-7-1-3-16-4-2-7/h5-7H,1-4H2,(H,14,15). The number of nitrogens with one attached hydrogen (secondary N) is 1. The van der Waals surface area contributed by atoms with Gasteiger partial charge in [0.2, 0.25) is 0 Å². The molecule has 86 valence electrons. The number of carbonyl (C=O) groups is 1. The van der Waals surface area contributed by atoms with E-state index in [2.05, 4.69) is 15.3 Å². The van der Waals surface area contributed by atoms with Crippen molar-refractivity contribution in [2.75, 3.05) is 11.5 Å². The maximum Gasteiger partial charge on any atom is 0.271 e. The van der Waals surface area contributed by atoms with Crippen LogP contribution in [0.1, 0.15) is 23.3 Å². The molecule has 0 bridgehead atoms. The predicted octanol–water partition coefficient (Wildman–Crippen LogP) is 1.76. The molecule has 0 spiro atoms. The summed E-state index contributed by atoms with van der Waals surface area (Å²) in [6.07, 6.45) is 4.83. The second kappa shape index (κ2) is 5.50.